The summed E-state index contributed by atoms with van der Waals surface area (Å²) in [4.78, 5) is 39.4. The van der Waals surface area contributed by atoms with Crippen LogP contribution in [0, 0.1) is 6.92 Å². The van der Waals surface area contributed by atoms with Gasteiger partial charge in [0.15, 0.2) is 11.5 Å². The van der Waals surface area contributed by atoms with Crippen molar-refractivity contribution in [2.24, 2.45) is 0 Å². The Kier molecular flexibility index (Phi) is 7.09. The van der Waals surface area contributed by atoms with Crippen molar-refractivity contribution in [1.82, 2.24) is 34.0 Å². The van der Waals surface area contributed by atoms with Gasteiger partial charge in [0.25, 0.3) is 11.1 Å². The molecule has 1 aliphatic heterocycles. The molecule has 204 valence electrons. The third-order valence-electron chi connectivity index (χ3n) is 7.18. The van der Waals surface area contributed by atoms with Crippen LogP contribution in [0.3, 0.4) is 0 Å². The minimum absolute atomic E-state index is 0.147. The number of hydrogen-bond donors (Lipinski definition) is 1. The van der Waals surface area contributed by atoms with Crippen molar-refractivity contribution in [1.29, 1.82) is 0 Å². The van der Waals surface area contributed by atoms with Gasteiger partial charge in [-0.05, 0) is 71.1 Å². The summed E-state index contributed by atoms with van der Waals surface area (Å²) in [6.07, 6.45) is 4.30. The molecule has 0 bridgehead atoms. The molecule has 11 nitrogen and oxygen atoms in total. The molecular weight excluding hydrogens is 494 g/mol. The van der Waals surface area contributed by atoms with Crippen LogP contribution >= 0.6 is 0 Å². The Labute approximate surface area is 227 Å². The van der Waals surface area contributed by atoms with Crippen molar-refractivity contribution < 1.29 is 0 Å². The first-order valence-electron chi connectivity index (χ1n) is 13.2. The zero-order chi connectivity index (χ0) is 27.8. The average Bonchev–Trinajstić information content (AvgIpc) is 3.48. The Morgan fingerprint density at radius 1 is 1.21 bits per heavy atom. The second-order valence-corrected chi connectivity index (χ2v) is 10.5. The van der Waals surface area contributed by atoms with Crippen LogP contribution in [-0.4, -0.2) is 67.2 Å². The molecule has 3 aromatic heterocycles. The Bertz CT molecular complexity index is 1650. The van der Waals surface area contributed by atoms with Crippen molar-refractivity contribution in [3.05, 3.63) is 75.5 Å². The van der Waals surface area contributed by atoms with Crippen LogP contribution in [0.15, 0.2) is 58.8 Å². The van der Waals surface area contributed by atoms with Crippen LogP contribution in [0.1, 0.15) is 31.9 Å². The number of anilines is 3. The fourth-order valence-corrected chi connectivity index (χ4v) is 5.11. The number of hydrogen-bond acceptors (Lipinski definition) is 8. The highest BCUT2D eigenvalue weighted by Gasteiger charge is 2.25. The normalized spacial score (nSPS) is 15.6. The first-order valence-corrected chi connectivity index (χ1v) is 13.2. The first kappa shape index (κ1) is 26.4. The maximum Gasteiger partial charge on any atom is 0.278 e. The SMILES string of the molecule is C=CCn1c(=O)c2cnc(Nc3ccc(N4CCC(N(C)C)C4)c(C)c3)nc2n1-c1ccc(=O)n(C(C)C)n1. The van der Waals surface area contributed by atoms with Crippen LogP contribution in [0.5, 0.6) is 0 Å². The van der Waals surface area contributed by atoms with Crippen LogP contribution in [0.4, 0.5) is 17.3 Å². The van der Waals surface area contributed by atoms with E-state index in [0.29, 0.717) is 28.8 Å². The van der Waals surface area contributed by atoms with E-state index in [1.54, 1.807) is 16.8 Å². The van der Waals surface area contributed by atoms with Gasteiger partial charge in [0, 0.05) is 42.8 Å². The van der Waals surface area contributed by atoms with Gasteiger partial charge in [0.1, 0.15) is 5.39 Å². The lowest BCUT2D eigenvalue weighted by Crippen LogP contribution is -2.31. The van der Waals surface area contributed by atoms with E-state index in [-0.39, 0.29) is 23.7 Å². The molecule has 4 heterocycles. The van der Waals surface area contributed by atoms with Crippen molar-refractivity contribution >= 4 is 28.4 Å². The summed E-state index contributed by atoms with van der Waals surface area (Å²) in [6, 6.07) is 9.69. The number of aromatic nitrogens is 6. The largest absolute Gasteiger partial charge is 0.370 e. The van der Waals surface area contributed by atoms with Gasteiger partial charge in [-0.3, -0.25) is 9.59 Å². The Balaban J connectivity index is 1.51. The molecule has 1 aromatic carbocycles. The van der Waals surface area contributed by atoms with Gasteiger partial charge in [-0.25, -0.2) is 19.0 Å². The lowest BCUT2D eigenvalue weighted by Gasteiger charge is -2.23. The van der Waals surface area contributed by atoms with Gasteiger partial charge < -0.3 is 15.1 Å². The van der Waals surface area contributed by atoms with Gasteiger partial charge in [0.05, 0.1) is 12.6 Å². The Morgan fingerprint density at radius 3 is 2.67 bits per heavy atom. The van der Waals surface area contributed by atoms with Crippen LogP contribution in [0.2, 0.25) is 0 Å². The van der Waals surface area contributed by atoms with E-state index in [4.69, 9.17) is 4.98 Å². The molecule has 5 rings (SSSR count). The highest BCUT2D eigenvalue weighted by Crippen LogP contribution is 2.29. The number of nitrogens with one attached hydrogen (secondary N) is 1. The van der Waals surface area contributed by atoms with Crippen molar-refractivity contribution in [2.75, 3.05) is 37.4 Å². The molecule has 1 atom stereocenters. The number of benzene rings is 1. The van der Waals surface area contributed by atoms with Crippen LogP contribution in [-0.2, 0) is 6.54 Å². The molecule has 0 amide bonds. The molecule has 1 fully saturated rings. The monoisotopic (exact) mass is 529 g/mol. The summed E-state index contributed by atoms with van der Waals surface area (Å²) in [6.45, 7) is 11.9. The van der Waals surface area contributed by atoms with E-state index in [9.17, 15) is 9.59 Å². The summed E-state index contributed by atoms with van der Waals surface area (Å²) in [7, 11) is 4.26. The van der Waals surface area contributed by atoms with Crippen LogP contribution < -0.4 is 21.3 Å². The topological polar surface area (TPSA) is 106 Å². The van der Waals surface area contributed by atoms with E-state index in [1.807, 2.05) is 19.9 Å². The summed E-state index contributed by atoms with van der Waals surface area (Å²) < 4.78 is 4.49. The molecule has 1 unspecified atom stereocenters. The quantitative estimate of drug-likeness (QED) is 0.347. The van der Waals surface area contributed by atoms with Crippen LogP contribution in [0.25, 0.3) is 16.9 Å². The average molecular weight is 530 g/mol. The van der Waals surface area contributed by atoms with Gasteiger partial charge in [-0.15, -0.1) is 11.7 Å². The molecule has 0 radical (unpaired) electrons. The molecule has 39 heavy (non-hydrogen) atoms. The number of likely N-dealkylation sites (N-methyl/N-ethyl adjacent to an activating group) is 1. The Hall–Kier alpha value is -4.25. The molecule has 11 heteroatoms. The number of fused-ring (bicyclic) bond motifs is 1. The predicted octanol–water partition coefficient (Wildman–Crippen LogP) is 3.10. The van der Waals surface area contributed by atoms with Gasteiger partial charge in [-0.1, -0.05) is 6.08 Å². The third-order valence-corrected chi connectivity index (χ3v) is 7.18. The molecule has 1 N–H and O–H groups in total. The highest BCUT2D eigenvalue weighted by molar-refractivity contribution is 5.77. The minimum atomic E-state index is -0.262. The van der Waals surface area contributed by atoms with Gasteiger partial charge >= 0.3 is 0 Å². The fraction of sp³-hybridized carbons (Fsp3) is 0.393. The van der Waals surface area contributed by atoms with Crippen molar-refractivity contribution in [2.45, 2.75) is 45.8 Å². The second-order valence-electron chi connectivity index (χ2n) is 10.5. The van der Waals surface area contributed by atoms with Gasteiger partial charge in [0.2, 0.25) is 5.95 Å². The standard InChI is InChI=1S/C28H35N9O2/c1-7-13-35-27(39)22-16-29-28(31-26(22)37(35)24-10-11-25(38)36(32-24)18(2)3)30-20-8-9-23(19(4)15-20)34-14-12-21(17-34)33(5)6/h7-11,15-16,18,21H,1,12-14,17H2,2-6H3,(H,29,30,31). The molecule has 1 saturated heterocycles. The second kappa shape index (κ2) is 10.5. The maximum absolute atomic E-state index is 13.2. The summed E-state index contributed by atoms with van der Waals surface area (Å²) >= 11 is 0. The Morgan fingerprint density at radius 2 is 2.00 bits per heavy atom. The van der Waals surface area contributed by atoms with E-state index in [2.05, 4.69) is 64.9 Å². The predicted molar refractivity (Wildman–Crippen MR) is 155 cm³/mol. The first-order chi connectivity index (χ1) is 18.7. The van der Waals surface area contributed by atoms with E-state index >= 15 is 0 Å². The minimum Gasteiger partial charge on any atom is -0.370 e. The molecular formula is C28H35N9O2. The maximum atomic E-state index is 13.2. The molecule has 0 spiro atoms. The molecule has 1 aliphatic rings. The molecule has 0 aliphatic carbocycles. The zero-order valence-electron chi connectivity index (χ0n) is 23.1. The highest BCUT2D eigenvalue weighted by atomic mass is 16.1. The third kappa shape index (κ3) is 4.97. The summed E-state index contributed by atoms with van der Waals surface area (Å²) in [5, 5.41) is 8.16. The molecule has 4 aromatic rings. The number of aryl methyl sites for hydroxylation is 1. The van der Waals surface area contributed by atoms with Crippen molar-refractivity contribution in [3.8, 4) is 5.82 Å². The van der Waals surface area contributed by atoms with E-state index in [0.717, 1.165) is 30.8 Å². The number of nitrogens with zero attached hydrogens (tertiary/aromatic N) is 8. The smallest absolute Gasteiger partial charge is 0.278 e. The summed E-state index contributed by atoms with van der Waals surface area (Å²) in [5.41, 5.74) is 3.15. The van der Waals surface area contributed by atoms with Crippen molar-refractivity contribution in [3.63, 3.8) is 0 Å². The lowest BCUT2D eigenvalue weighted by molar-refractivity contribution is 0.315. The van der Waals surface area contributed by atoms with E-state index < -0.39 is 0 Å². The molecule has 0 saturated carbocycles. The number of rotatable bonds is 8. The summed E-state index contributed by atoms with van der Waals surface area (Å²) in [5.74, 6) is 0.758. The lowest BCUT2D eigenvalue weighted by atomic mass is 10.1. The van der Waals surface area contributed by atoms with Gasteiger partial charge in [-0.2, -0.15) is 4.98 Å². The fourth-order valence-electron chi connectivity index (χ4n) is 5.11. The number of allylic oxidation sites excluding steroid dienone is 1. The van der Waals surface area contributed by atoms with E-state index in [1.165, 1.54) is 27.3 Å². The zero-order valence-corrected chi connectivity index (χ0v) is 23.1.